The van der Waals surface area contributed by atoms with Crippen LogP contribution in [0.15, 0.2) is 24.3 Å². The van der Waals surface area contributed by atoms with Crippen LogP contribution in [0.5, 0.6) is 0 Å². The van der Waals surface area contributed by atoms with Gasteiger partial charge in [-0.15, -0.1) is 0 Å². The molecule has 0 aromatic heterocycles. The highest BCUT2D eigenvalue weighted by Crippen LogP contribution is 2.22. The third kappa shape index (κ3) is 7.43. The molecule has 0 saturated carbocycles. The van der Waals surface area contributed by atoms with Crippen molar-refractivity contribution in [2.75, 3.05) is 13.1 Å². The second-order valence-corrected chi connectivity index (χ2v) is 6.56. The maximum atomic E-state index is 13.1. The first-order chi connectivity index (χ1) is 9.96. The second kappa shape index (κ2) is 7.11. The molecule has 0 radical (unpaired) electrons. The van der Waals surface area contributed by atoms with E-state index < -0.39 is 29.9 Å². The Morgan fingerprint density at radius 2 is 1.77 bits per heavy atom. The Balaban J connectivity index is 2.70. The Morgan fingerprint density at radius 1 is 1.14 bits per heavy atom. The fraction of sp³-hybridized carbons (Fsp3) is 0.562. The molecule has 0 unspecified atom stereocenters. The number of amides is 1. The van der Waals surface area contributed by atoms with E-state index in [9.17, 15) is 22.4 Å². The van der Waals surface area contributed by atoms with E-state index in [1.165, 1.54) is 18.2 Å². The molecule has 1 rings (SSSR count). The summed E-state index contributed by atoms with van der Waals surface area (Å²) in [5.41, 5.74) is 0.163. The fourth-order valence-electron chi connectivity index (χ4n) is 2.12. The average molecular weight is 319 g/mol. The lowest BCUT2D eigenvalue weighted by Crippen LogP contribution is -2.43. The van der Waals surface area contributed by atoms with Crippen LogP contribution in [0, 0.1) is 11.2 Å². The molecule has 0 fully saturated rings. The summed E-state index contributed by atoms with van der Waals surface area (Å²) >= 11 is 0. The number of aryl methyl sites for hydroxylation is 1. The highest BCUT2D eigenvalue weighted by Gasteiger charge is 2.34. The highest BCUT2D eigenvalue weighted by molar-refractivity contribution is 5.76. The third-order valence-corrected chi connectivity index (χ3v) is 2.90. The number of carbonyl (C=O) groups excluding carboxylic acids is 1. The molecule has 0 bridgehead atoms. The van der Waals surface area contributed by atoms with Gasteiger partial charge in [-0.1, -0.05) is 32.9 Å². The zero-order valence-corrected chi connectivity index (χ0v) is 13.0. The van der Waals surface area contributed by atoms with E-state index in [2.05, 4.69) is 0 Å². The number of carbonyl (C=O) groups is 1. The number of benzene rings is 1. The summed E-state index contributed by atoms with van der Waals surface area (Å²) in [4.78, 5) is 12.9. The molecular weight excluding hydrogens is 298 g/mol. The number of hydrogen-bond donors (Lipinski definition) is 0. The summed E-state index contributed by atoms with van der Waals surface area (Å²) in [5.74, 6) is -0.997. The second-order valence-electron chi connectivity index (χ2n) is 6.56. The molecule has 0 aliphatic heterocycles. The molecule has 0 heterocycles. The summed E-state index contributed by atoms with van der Waals surface area (Å²) in [6.45, 7) is 4.09. The molecule has 22 heavy (non-hydrogen) atoms. The van der Waals surface area contributed by atoms with E-state index in [1.54, 1.807) is 26.8 Å². The van der Waals surface area contributed by atoms with Crippen LogP contribution in [-0.2, 0) is 11.2 Å². The molecule has 0 spiro atoms. The largest absolute Gasteiger partial charge is 0.406 e. The molecule has 0 N–H and O–H groups in total. The fourth-order valence-corrected chi connectivity index (χ4v) is 2.12. The first-order valence-electron chi connectivity index (χ1n) is 7.05. The van der Waals surface area contributed by atoms with Gasteiger partial charge in [-0.3, -0.25) is 4.79 Å². The van der Waals surface area contributed by atoms with Crippen molar-refractivity contribution in [2.45, 2.75) is 39.8 Å². The number of alkyl halides is 3. The van der Waals surface area contributed by atoms with Crippen molar-refractivity contribution in [1.82, 2.24) is 4.90 Å². The summed E-state index contributed by atoms with van der Waals surface area (Å²) < 4.78 is 50.9. The van der Waals surface area contributed by atoms with E-state index >= 15 is 0 Å². The van der Waals surface area contributed by atoms with Crippen LogP contribution in [-0.4, -0.2) is 30.1 Å². The lowest BCUT2D eigenvalue weighted by Gasteiger charge is -2.30. The summed E-state index contributed by atoms with van der Waals surface area (Å²) in [5, 5.41) is 0. The number of hydrogen-bond acceptors (Lipinski definition) is 1. The normalized spacial score (nSPS) is 12.3. The zero-order chi connectivity index (χ0) is 17.0. The van der Waals surface area contributed by atoms with Gasteiger partial charge in [0.2, 0.25) is 5.91 Å². The van der Waals surface area contributed by atoms with E-state index in [-0.39, 0.29) is 19.4 Å². The minimum atomic E-state index is -4.43. The zero-order valence-electron chi connectivity index (χ0n) is 13.0. The minimum Gasteiger partial charge on any atom is -0.333 e. The smallest absolute Gasteiger partial charge is 0.333 e. The minimum absolute atomic E-state index is 0.0223. The van der Waals surface area contributed by atoms with Gasteiger partial charge < -0.3 is 4.90 Å². The molecule has 0 saturated heterocycles. The van der Waals surface area contributed by atoms with E-state index in [1.807, 2.05) is 0 Å². The SMILES string of the molecule is CC(C)(C)CN(CC(F)(F)F)C(=O)CCc1cccc(F)c1. The van der Waals surface area contributed by atoms with Gasteiger partial charge in [0.05, 0.1) is 0 Å². The summed E-state index contributed by atoms with van der Waals surface area (Å²) in [6.07, 6.45) is -4.29. The van der Waals surface area contributed by atoms with Crippen LogP contribution in [0.4, 0.5) is 17.6 Å². The van der Waals surface area contributed by atoms with Crippen LogP contribution in [0.1, 0.15) is 32.8 Å². The first kappa shape index (κ1) is 18.5. The Bertz CT molecular complexity index is 490. The van der Waals surface area contributed by atoms with Crippen LogP contribution in [0.3, 0.4) is 0 Å². The molecule has 124 valence electrons. The highest BCUT2D eigenvalue weighted by atomic mass is 19.4. The molecular formula is C16H21F4NO. The van der Waals surface area contributed by atoms with Gasteiger partial charge in [0.25, 0.3) is 0 Å². The van der Waals surface area contributed by atoms with Crippen molar-refractivity contribution < 1.29 is 22.4 Å². The standard InChI is InChI=1S/C16H21F4NO/c1-15(2,3)10-21(11-16(18,19)20)14(22)8-7-12-5-4-6-13(17)9-12/h4-6,9H,7-8,10-11H2,1-3H3. The predicted octanol–water partition coefficient (Wildman–Crippen LogP) is 4.20. The van der Waals surface area contributed by atoms with Crippen LogP contribution in [0.2, 0.25) is 0 Å². The van der Waals surface area contributed by atoms with Crippen molar-refractivity contribution in [3.8, 4) is 0 Å². The molecule has 1 aromatic carbocycles. The predicted molar refractivity (Wildman–Crippen MR) is 76.8 cm³/mol. The Kier molecular flexibility index (Phi) is 5.97. The Hall–Kier alpha value is -1.59. The third-order valence-electron chi connectivity index (χ3n) is 2.90. The summed E-state index contributed by atoms with van der Waals surface area (Å²) in [7, 11) is 0. The monoisotopic (exact) mass is 319 g/mol. The molecule has 2 nitrogen and oxygen atoms in total. The van der Waals surface area contributed by atoms with Crippen LogP contribution < -0.4 is 0 Å². The van der Waals surface area contributed by atoms with Crippen LogP contribution in [0.25, 0.3) is 0 Å². The van der Waals surface area contributed by atoms with E-state index in [0.29, 0.717) is 5.56 Å². The molecule has 6 heteroatoms. The van der Waals surface area contributed by atoms with Gasteiger partial charge in [-0.25, -0.2) is 4.39 Å². The van der Waals surface area contributed by atoms with Gasteiger partial charge in [-0.05, 0) is 29.5 Å². The summed E-state index contributed by atoms with van der Waals surface area (Å²) in [6, 6.07) is 5.72. The number of rotatable bonds is 5. The van der Waals surface area contributed by atoms with Crippen molar-refractivity contribution in [3.05, 3.63) is 35.6 Å². The molecule has 0 atom stereocenters. The van der Waals surface area contributed by atoms with Gasteiger partial charge in [0.15, 0.2) is 0 Å². The topological polar surface area (TPSA) is 20.3 Å². The van der Waals surface area contributed by atoms with Gasteiger partial charge in [-0.2, -0.15) is 13.2 Å². The van der Waals surface area contributed by atoms with Crippen molar-refractivity contribution >= 4 is 5.91 Å². The lowest BCUT2D eigenvalue weighted by molar-refractivity contribution is -0.163. The quantitative estimate of drug-likeness (QED) is 0.745. The van der Waals surface area contributed by atoms with E-state index in [4.69, 9.17) is 0 Å². The van der Waals surface area contributed by atoms with Crippen molar-refractivity contribution in [1.29, 1.82) is 0 Å². The van der Waals surface area contributed by atoms with Crippen LogP contribution >= 0.6 is 0 Å². The number of nitrogens with zero attached hydrogens (tertiary/aromatic N) is 1. The maximum absolute atomic E-state index is 13.1. The van der Waals surface area contributed by atoms with Gasteiger partial charge >= 0.3 is 6.18 Å². The van der Waals surface area contributed by atoms with Crippen molar-refractivity contribution in [3.63, 3.8) is 0 Å². The molecule has 0 aliphatic rings. The Labute approximate surface area is 128 Å². The molecule has 1 amide bonds. The van der Waals surface area contributed by atoms with E-state index in [0.717, 1.165) is 4.90 Å². The van der Waals surface area contributed by atoms with Gasteiger partial charge in [0.1, 0.15) is 12.4 Å². The van der Waals surface area contributed by atoms with Gasteiger partial charge in [0, 0.05) is 13.0 Å². The average Bonchev–Trinajstić information content (AvgIpc) is 2.31. The molecule has 1 aromatic rings. The Morgan fingerprint density at radius 3 is 2.27 bits per heavy atom. The first-order valence-corrected chi connectivity index (χ1v) is 7.05. The van der Waals surface area contributed by atoms with Crippen molar-refractivity contribution in [2.24, 2.45) is 5.41 Å². The number of halogens is 4. The maximum Gasteiger partial charge on any atom is 0.406 e. The molecule has 0 aliphatic carbocycles. The lowest BCUT2D eigenvalue weighted by atomic mass is 9.95.